The molecule has 0 radical (unpaired) electrons. The fourth-order valence-electron chi connectivity index (χ4n) is 2.72. The van der Waals surface area contributed by atoms with Crippen molar-refractivity contribution in [2.24, 2.45) is 5.92 Å². The van der Waals surface area contributed by atoms with Gasteiger partial charge >= 0.3 is 0 Å². The molecule has 1 aromatic carbocycles. The molecule has 7 heteroatoms. The van der Waals surface area contributed by atoms with Gasteiger partial charge in [0.2, 0.25) is 0 Å². The number of nitro benzene ring substituents is 1. The van der Waals surface area contributed by atoms with Crippen molar-refractivity contribution in [3.8, 4) is 5.75 Å². The van der Waals surface area contributed by atoms with E-state index in [0.717, 1.165) is 38.9 Å². The number of nitro groups is 1. The molecule has 1 fully saturated rings. The molecule has 23 heavy (non-hydrogen) atoms. The molecular weight excluding hydrogens is 298 g/mol. The van der Waals surface area contributed by atoms with Crippen molar-refractivity contribution in [3.63, 3.8) is 0 Å². The maximum absolute atomic E-state index is 12.1. The zero-order valence-electron chi connectivity index (χ0n) is 13.4. The van der Waals surface area contributed by atoms with Crippen molar-refractivity contribution >= 4 is 11.6 Å². The molecule has 0 aromatic heterocycles. The molecule has 0 aliphatic carbocycles. The van der Waals surface area contributed by atoms with Crippen molar-refractivity contribution in [2.75, 3.05) is 33.3 Å². The van der Waals surface area contributed by atoms with E-state index in [0.29, 0.717) is 11.7 Å². The maximum atomic E-state index is 12.1. The number of nitrogens with zero attached hydrogens (tertiary/aromatic N) is 2. The van der Waals surface area contributed by atoms with Gasteiger partial charge in [-0.2, -0.15) is 0 Å². The van der Waals surface area contributed by atoms with Crippen LogP contribution >= 0.6 is 0 Å². The molecule has 1 aliphatic heterocycles. The Morgan fingerprint density at radius 1 is 1.35 bits per heavy atom. The maximum Gasteiger partial charge on any atom is 0.269 e. The van der Waals surface area contributed by atoms with E-state index in [4.69, 9.17) is 4.74 Å². The lowest BCUT2D eigenvalue weighted by Crippen LogP contribution is -2.41. The number of ether oxygens (including phenoxy) is 1. The monoisotopic (exact) mass is 321 g/mol. The highest BCUT2D eigenvalue weighted by Crippen LogP contribution is 2.21. The molecule has 1 aliphatic rings. The van der Waals surface area contributed by atoms with Crippen LogP contribution in [0.4, 0.5) is 5.69 Å². The Balaban J connectivity index is 1.74. The highest BCUT2D eigenvalue weighted by atomic mass is 16.6. The fourth-order valence-corrected chi connectivity index (χ4v) is 2.72. The number of hydrogen-bond acceptors (Lipinski definition) is 5. The molecular formula is C16H23N3O4. The fraction of sp³-hybridized carbons (Fsp3) is 0.562. The topological polar surface area (TPSA) is 84.7 Å². The number of amides is 1. The third-order valence-corrected chi connectivity index (χ3v) is 4.18. The molecule has 0 unspecified atom stereocenters. The van der Waals surface area contributed by atoms with E-state index in [-0.39, 0.29) is 18.2 Å². The molecule has 126 valence electrons. The summed E-state index contributed by atoms with van der Waals surface area (Å²) in [6.07, 6.45) is 3.22. The minimum atomic E-state index is -0.465. The number of rotatable bonds is 7. The second-order valence-corrected chi connectivity index (χ2v) is 5.76. The van der Waals surface area contributed by atoms with Crippen LogP contribution in [0, 0.1) is 16.0 Å². The summed E-state index contributed by atoms with van der Waals surface area (Å²) in [5, 5.41) is 13.7. The van der Waals surface area contributed by atoms with Gasteiger partial charge in [0, 0.05) is 25.2 Å². The van der Waals surface area contributed by atoms with Crippen LogP contribution in [0.2, 0.25) is 0 Å². The van der Waals surface area contributed by atoms with E-state index in [9.17, 15) is 14.9 Å². The van der Waals surface area contributed by atoms with Crippen LogP contribution in [0.15, 0.2) is 24.3 Å². The van der Waals surface area contributed by atoms with E-state index < -0.39 is 4.92 Å². The lowest BCUT2D eigenvalue weighted by atomic mass is 9.93. The first kappa shape index (κ1) is 17.2. The Bertz CT molecular complexity index is 525. The van der Waals surface area contributed by atoms with Gasteiger partial charge in [0.1, 0.15) is 5.75 Å². The highest BCUT2D eigenvalue weighted by molar-refractivity contribution is 5.77. The number of hydrogen-bond donors (Lipinski definition) is 1. The van der Waals surface area contributed by atoms with E-state index in [1.807, 2.05) is 11.9 Å². The number of piperidine rings is 1. The van der Waals surface area contributed by atoms with Crippen LogP contribution in [-0.2, 0) is 4.79 Å². The first-order valence-electron chi connectivity index (χ1n) is 7.89. The molecule has 1 aromatic rings. The average molecular weight is 321 g/mol. The average Bonchev–Trinajstić information content (AvgIpc) is 2.58. The van der Waals surface area contributed by atoms with Gasteiger partial charge in [-0.3, -0.25) is 14.9 Å². The summed E-state index contributed by atoms with van der Waals surface area (Å²) in [6.45, 7) is 2.54. The third kappa shape index (κ3) is 5.21. The molecule has 1 heterocycles. The predicted molar refractivity (Wildman–Crippen MR) is 86.4 cm³/mol. The molecule has 0 saturated carbocycles. The van der Waals surface area contributed by atoms with Gasteiger partial charge in [0.05, 0.1) is 4.92 Å². The van der Waals surface area contributed by atoms with Crippen LogP contribution < -0.4 is 10.1 Å². The number of likely N-dealkylation sites (tertiary alicyclic amines) is 1. The zero-order valence-corrected chi connectivity index (χ0v) is 13.4. The normalized spacial score (nSPS) is 15.4. The van der Waals surface area contributed by atoms with Crippen LogP contribution in [0.3, 0.4) is 0 Å². The van der Waals surface area contributed by atoms with Gasteiger partial charge in [0.25, 0.3) is 11.6 Å². The van der Waals surface area contributed by atoms with E-state index in [1.54, 1.807) is 0 Å². The van der Waals surface area contributed by atoms with Crippen molar-refractivity contribution in [2.45, 2.75) is 19.3 Å². The first-order chi connectivity index (χ1) is 11.1. The summed E-state index contributed by atoms with van der Waals surface area (Å²) in [5.74, 6) is 1.12. The number of nitrogens with one attached hydrogen (secondary N) is 1. The van der Waals surface area contributed by atoms with Gasteiger partial charge < -0.3 is 15.0 Å². The van der Waals surface area contributed by atoms with E-state index >= 15 is 0 Å². The summed E-state index contributed by atoms with van der Waals surface area (Å²) in [7, 11) is 1.95. The molecule has 1 saturated heterocycles. The third-order valence-electron chi connectivity index (χ3n) is 4.18. The van der Waals surface area contributed by atoms with Crippen molar-refractivity contribution in [3.05, 3.63) is 34.4 Å². The molecule has 7 nitrogen and oxygen atoms in total. The SMILES string of the molecule is CNCCC1CCN(C(=O)COc2ccc([N+](=O)[O-])cc2)CC1. The first-order valence-corrected chi connectivity index (χ1v) is 7.89. The van der Waals surface area contributed by atoms with Crippen molar-refractivity contribution in [1.29, 1.82) is 0 Å². The van der Waals surface area contributed by atoms with Crippen LogP contribution in [0.5, 0.6) is 5.75 Å². The Labute approximate surface area is 135 Å². The number of non-ortho nitro benzene ring substituents is 1. The van der Waals surface area contributed by atoms with E-state index in [2.05, 4.69) is 5.32 Å². The van der Waals surface area contributed by atoms with Gasteiger partial charge in [-0.05, 0) is 50.9 Å². The van der Waals surface area contributed by atoms with Gasteiger partial charge in [-0.15, -0.1) is 0 Å². The molecule has 1 amide bonds. The van der Waals surface area contributed by atoms with Crippen molar-refractivity contribution < 1.29 is 14.5 Å². The van der Waals surface area contributed by atoms with Gasteiger partial charge in [-0.25, -0.2) is 0 Å². The van der Waals surface area contributed by atoms with Crippen LogP contribution in [0.25, 0.3) is 0 Å². The van der Waals surface area contributed by atoms with Gasteiger partial charge in [-0.1, -0.05) is 0 Å². The Morgan fingerprint density at radius 3 is 2.57 bits per heavy atom. The zero-order chi connectivity index (χ0) is 16.7. The predicted octanol–water partition coefficient (Wildman–Crippen LogP) is 1.82. The largest absolute Gasteiger partial charge is 0.484 e. The van der Waals surface area contributed by atoms with E-state index in [1.165, 1.54) is 24.3 Å². The quantitative estimate of drug-likeness (QED) is 0.611. The molecule has 0 bridgehead atoms. The minimum Gasteiger partial charge on any atom is -0.484 e. The molecule has 0 spiro atoms. The second kappa shape index (κ2) is 8.47. The highest BCUT2D eigenvalue weighted by Gasteiger charge is 2.22. The summed E-state index contributed by atoms with van der Waals surface area (Å²) < 4.78 is 5.42. The van der Waals surface area contributed by atoms with Gasteiger partial charge in [0.15, 0.2) is 6.61 Å². The number of carbonyl (C=O) groups excluding carboxylic acids is 1. The van der Waals surface area contributed by atoms with Crippen LogP contribution in [-0.4, -0.2) is 49.0 Å². The van der Waals surface area contributed by atoms with Crippen molar-refractivity contribution in [1.82, 2.24) is 10.2 Å². The number of carbonyl (C=O) groups is 1. The molecule has 2 rings (SSSR count). The second-order valence-electron chi connectivity index (χ2n) is 5.76. The minimum absolute atomic E-state index is 0.00678. The smallest absolute Gasteiger partial charge is 0.269 e. The lowest BCUT2D eigenvalue weighted by molar-refractivity contribution is -0.384. The summed E-state index contributed by atoms with van der Waals surface area (Å²) >= 11 is 0. The standard InChI is InChI=1S/C16H23N3O4/c1-17-9-6-13-7-10-18(11-8-13)16(20)12-23-15-4-2-14(3-5-15)19(21)22/h2-5,13,17H,6-12H2,1H3. The Kier molecular flexibility index (Phi) is 6.34. The van der Waals surface area contributed by atoms with Crippen LogP contribution in [0.1, 0.15) is 19.3 Å². The molecule has 0 atom stereocenters. The summed E-state index contributed by atoms with van der Waals surface area (Å²) in [4.78, 5) is 24.1. The summed E-state index contributed by atoms with van der Waals surface area (Å²) in [6, 6.07) is 5.75. The Morgan fingerprint density at radius 2 is 2.00 bits per heavy atom. The molecule has 1 N–H and O–H groups in total. The lowest BCUT2D eigenvalue weighted by Gasteiger charge is -2.32. The Hall–Kier alpha value is -2.15. The summed E-state index contributed by atoms with van der Waals surface area (Å²) in [5.41, 5.74) is 0.00678. The number of benzene rings is 1.